The summed E-state index contributed by atoms with van der Waals surface area (Å²) in [4.78, 5) is 0. The molecule has 1 heterocycles. The van der Waals surface area contributed by atoms with Crippen LogP contribution in [0, 0.1) is 0 Å². The molecule has 0 spiro atoms. The van der Waals surface area contributed by atoms with E-state index in [1.165, 1.54) is 6.92 Å². The number of rotatable bonds is 6. The molecule has 1 saturated heterocycles. The van der Waals surface area contributed by atoms with Crippen LogP contribution in [0.5, 0.6) is 0 Å². The lowest BCUT2D eigenvalue weighted by atomic mass is 10.4. The van der Waals surface area contributed by atoms with Crippen LogP contribution in [0.1, 0.15) is 26.2 Å². The second kappa shape index (κ2) is 6.87. The Morgan fingerprint density at radius 2 is 1.95 bits per heavy atom. The van der Waals surface area contributed by atoms with Crippen molar-refractivity contribution in [2.45, 2.75) is 49.9 Å². The van der Waals surface area contributed by atoms with Crippen LogP contribution < -0.4 is 0 Å². The van der Waals surface area contributed by atoms with E-state index in [0.717, 1.165) is 12.8 Å². The normalized spacial score (nSPS) is 25.3. The summed E-state index contributed by atoms with van der Waals surface area (Å²) in [5.74, 6) is 0. The molecule has 1 N–H and O–H groups in total. The predicted octanol–water partition coefficient (Wildman–Crippen LogP) is 1.86. The van der Waals surface area contributed by atoms with E-state index in [2.05, 4.69) is 4.74 Å². The first kappa shape index (κ1) is 18.8. The quantitative estimate of drug-likeness (QED) is 0.339. The fourth-order valence-corrected chi connectivity index (χ4v) is 4.18. The fourth-order valence-electron chi connectivity index (χ4n) is 1.64. The molecule has 0 bridgehead atoms. The van der Waals surface area contributed by atoms with Crippen LogP contribution in [-0.4, -0.2) is 46.5 Å². The number of alkyl halides is 4. The third-order valence-corrected chi connectivity index (χ3v) is 5.81. The molecular weight excluding hydrogens is 340 g/mol. The summed E-state index contributed by atoms with van der Waals surface area (Å²) in [7, 11) is -8.52. The van der Waals surface area contributed by atoms with Crippen LogP contribution in [0.2, 0.25) is 6.04 Å². The Hall–Kier alpha value is -0.273. The van der Waals surface area contributed by atoms with Crippen LogP contribution in [0.15, 0.2) is 0 Å². The minimum absolute atomic E-state index is 0.246. The number of halogens is 4. The first-order valence-corrected chi connectivity index (χ1v) is 9.38. The average molecular weight is 356 g/mol. The molecule has 1 fully saturated rings. The second-order valence-electron chi connectivity index (χ2n) is 4.40. The molecule has 0 aromatic heterocycles. The van der Waals surface area contributed by atoms with Gasteiger partial charge in [-0.25, -0.2) is 0 Å². The topological polar surface area (TPSA) is 82.1 Å². The van der Waals surface area contributed by atoms with Crippen molar-refractivity contribution in [2.24, 2.45) is 0 Å². The lowest BCUT2D eigenvalue weighted by Gasteiger charge is -2.31. The van der Waals surface area contributed by atoms with Gasteiger partial charge < -0.3 is 8.85 Å². The predicted molar refractivity (Wildman–Crippen MR) is 64.8 cm³/mol. The van der Waals surface area contributed by atoms with E-state index in [0.29, 0.717) is 12.7 Å². The van der Waals surface area contributed by atoms with Gasteiger partial charge in [0.05, 0.1) is 0 Å². The largest absolute Gasteiger partial charge is 0.467 e. The van der Waals surface area contributed by atoms with E-state index in [4.69, 9.17) is 13.4 Å². The van der Waals surface area contributed by atoms with Gasteiger partial charge in [-0.15, -0.1) is 0 Å². The SMILES string of the molecule is CCC(O[SiH]1CCCCO1)OC(F)(C(F)(F)F)S(=O)(=O)O. The first-order chi connectivity index (χ1) is 9.51. The van der Waals surface area contributed by atoms with Crippen LogP contribution in [0.25, 0.3) is 0 Å². The molecule has 0 radical (unpaired) electrons. The fraction of sp³-hybridized carbons (Fsp3) is 1.00. The van der Waals surface area contributed by atoms with Gasteiger partial charge in [0.1, 0.15) is 0 Å². The Balaban J connectivity index is 2.85. The molecule has 3 atom stereocenters. The minimum atomic E-state index is -6.19. The molecule has 0 aliphatic carbocycles. The van der Waals surface area contributed by atoms with Gasteiger partial charge in [0.15, 0.2) is 6.29 Å². The van der Waals surface area contributed by atoms with Crippen LogP contribution in [0.3, 0.4) is 0 Å². The Bertz CT molecular complexity index is 438. The maximum atomic E-state index is 13.7. The highest BCUT2D eigenvalue weighted by atomic mass is 32.2. The van der Waals surface area contributed by atoms with Crippen molar-refractivity contribution in [2.75, 3.05) is 6.61 Å². The molecule has 126 valence electrons. The van der Waals surface area contributed by atoms with Crippen LogP contribution >= 0.6 is 0 Å². The zero-order valence-electron chi connectivity index (χ0n) is 11.1. The Labute approximate surface area is 121 Å². The molecule has 3 unspecified atom stereocenters. The maximum absolute atomic E-state index is 13.7. The molecule has 1 aliphatic rings. The zero-order chi connectivity index (χ0) is 16.3. The lowest BCUT2D eigenvalue weighted by molar-refractivity contribution is -0.326. The number of hydrogen-bond acceptors (Lipinski definition) is 5. The molecule has 0 saturated carbocycles. The molecular formula is C9H16F4O6SSi. The summed E-state index contributed by atoms with van der Waals surface area (Å²) >= 11 is 0. The second-order valence-corrected chi connectivity index (χ2v) is 7.91. The summed E-state index contributed by atoms with van der Waals surface area (Å²) in [6.45, 7) is 1.70. The molecule has 6 nitrogen and oxygen atoms in total. The van der Waals surface area contributed by atoms with Crippen molar-refractivity contribution in [3.8, 4) is 0 Å². The third-order valence-electron chi connectivity index (χ3n) is 2.73. The summed E-state index contributed by atoms with van der Waals surface area (Å²) in [6, 6.07) is 0.497. The summed E-state index contributed by atoms with van der Waals surface area (Å²) in [5.41, 5.74) is 0. The molecule has 0 aromatic rings. The number of ether oxygens (including phenoxy) is 1. The molecule has 1 aliphatic heterocycles. The van der Waals surface area contributed by atoms with Crippen molar-refractivity contribution in [3.63, 3.8) is 0 Å². The van der Waals surface area contributed by atoms with Gasteiger partial charge in [0.25, 0.3) is 0 Å². The minimum Gasteiger partial charge on any atom is -0.396 e. The van der Waals surface area contributed by atoms with Gasteiger partial charge in [0, 0.05) is 6.61 Å². The smallest absolute Gasteiger partial charge is 0.396 e. The van der Waals surface area contributed by atoms with Crippen molar-refractivity contribution in [3.05, 3.63) is 0 Å². The van der Waals surface area contributed by atoms with E-state index in [-0.39, 0.29) is 6.42 Å². The van der Waals surface area contributed by atoms with Crippen molar-refractivity contribution in [1.82, 2.24) is 0 Å². The van der Waals surface area contributed by atoms with Gasteiger partial charge in [-0.05, 0) is 25.3 Å². The Morgan fingerprint density at radius 1 is 1.33 bits per heavy atom. The van der Waals surface area contributed by atoms with Crippen molar-refractivity contribution in [1.29, 1.82) is 0 Å². The van der Waals surface area contributed by atoms with Gasteiger partial charge >= 0.3 is 30.8 Å². The van der Waals surface area contributed by atoms with Crippen LogP contribution in [0.4, 0.5) is 17.6 Å². The van der Waals surface area contributed by atoms with Gasteiger partial charge in [0.2, 0.25) is 0 Å². The van der Waals surface area contributed by atoms with Crippen molar-refractivity contribution >= 4 is 19.4 Å². The van der Waals surface area contributed by atoms with E-state index < -0.39 is 37.1 Å². The Morgan fingerprint density at radius 3 is 2.33 bits per heavy atom. The van der Waals surface area contributed by atoms with Crippen LogP contribution in [-0.2, 0) is 23.7 Å². The molecule has 21 heavy (non-hydrogen) atoms. The zero-order valence-corrected chi connectivity index (χ0v) is 13.1. The van der Waals surface area contributed by atoms with Gasteiger partial charge in [-0.3, -0.25) is 9.29 Å². The lowest BCUT2D eigenvalue weighted by Crippen LogP contribution is -2.53. The molecule has 12 heteroatoms. The Kier molecular flexibility index (Phi) is 6.14. The van der Waals surface area contributed by atoms with E-state index in [9.17, 15) is 26.0 Å². The highest BCUT2D eigenvalue weighted by Gasteiger charge is 2.68. The van der Waals surface area contributed by atoms with E-state index >= 15 is 0 Å². The van der Waals surface area contributed by atoms with Gasteiger partial charge in [-0.2, -0.15) is 26.0 Å². The van der Waals surface area contributed by atoms with E-state index in [1.807, 2.05) is 0 Å². The highest BCUT2D eigenvalue weighted by Crippen LogP contribution is 2.40. The monoisotopic (exact) mass is 356 g/mol. The highest BCUT2D eigenvalue weighted by molar-refractivity contribution is 7.87. The average Bonchev–Trinajstić information content (AvgIpc) is 2.36. The number of hydrogen-bond donors (Lipinski definition) is 1. The van der Waals surface area contributed by atoms with Gasteiger partial charge in [-0.1, -0.05) is 6.92 Å². The molecule has 0 amide bonds. The summed E-state index contributed by atoms with van der Waals surface area (Å²) < 4.78 is 95.5. The summed E-state index contributed by atoms with van der Waals surface area (Å²) in [5, 5.41) is -5.23. The molecule has 1 rings (SSSR count). The van der Waals surface area contributed by atoms with E-state index in [1.54, 1.807) is 0 Å². The molecule has 0 aromatic carbocycles. The summed E-state index contributed by atoms with van der Waals surface area (Å²) in [6.07, 6.45) is -6.46. The standard InChI is InChI=1S/C9H16F4O6SSi/c1-2-7(19-21-6-4-3-5-17-21)18-9(13,8(10,11)12)20(14,15)16/h7,21H,2-6H2,1H3,(H,14,15,16). The van der Waals surface area contributed by atoms with Crippen molar-refractivity contribution < 1.29 is 44.1 Å². The third kappa shape index (κ3) is 4.60. The maximum Gasteiger partial charge on any atom is 0.467 e. The first-order valence-electron chi connectivity index (χ1n) is 6.19.